The Labute approximate surface area is 88.7 Å². The van der Waals surface area contributed by atoms with Gasteiger partial charge in [0.1, 0.15) is 0 Å². The molecule has 0 aromatic heterocycles. The number of hydrogen-bond acceptors (Lipinski definition) is 3. The average Bonchev–Trinajstić information content (AvgIpc) is 2.46. The molecule has 1 aliphatic rings. The second-order valence-corrected chi connectivity index (χ2v) is 3.57. The first-order valence-electron chi connectivity index (χ1n) is 4.70. The topological polar surface area (TPSA) is 60.9 Å². The van der Waals surface area contributed by atoms with Crippen LogP contribution in [0.15, 0.2) is 0 Å². The van der Waals surface area contributed by atoms with Crippen molar-refractivity contribution in [2.24, 2.45) is 0 Å². The molecule has 1 aliphatic heterocycles. The second kappa shape index (κ2) is 4.80. The molecule has 1 fully saturated rings. The molecule has 5 nitrogen and oxygen atoms in total. The van der Waals surface area contributed by atoms with Gasteiger partial charge in [0.05, 0.1) is 19.1 Å². The summed E-state index contributed by atoms with van der Waals surface area (Å²) in [7, 11) is 1.71. The summed E-state index contributed by atoms with van der Waals surface area (Å²) in [5.41, 5.74) is 0. The van der Waals surface area contributed by atoms with E-state index in [1.807, 2.05) is 0 Å². The molecule has 1 saturated heterocycles. The number of amides is 1. The maximum Gasteiger partial charge on any atom is 0.317 e. The number of likely N-dealkylation sites (tertiary alicyclic amines) is 1. The summed E-state index contributed by atoms with van der Waals surface area (Å²) < 4.78 is 0. The second-order valence-electron chi connectivity index (χ2n) is 3.57. The van der Waals surface area contributed by atoms with Gasteiger partial charge in [-0.2, -0.15) is 0 Å². The number of hydrogen-bond donors (Lipinski definition) is 1. The maximum absolute atomic E-state index is 11.6. The van der Waals surface area contributed by atoms with E-state index >= 15 is 0 Å². The summed E-state index contributed by atoms with van der Waals surface area (Å²) in [5.74, 6) is 1.36. The molecule has 0 aromatic carbocycles. The van der Waals surface area contributed by atoms with Crippen molar-refractivity contribution in [3.63, 3.8) is 0 Å². The number of carbonyl (C=O) groups is 2. The molecule has 15 heavy (non-hydrogen) atoms. The van der Waals surface area contributed by atoms with Crippen LogP contribution in [0.1, 0.15) is 6.42 Å². The third-order valence-electron chi connectivity index (χ3n) is 2.47. The molecule has 1 unspecified atom stereocenters. The Kier molecular flexibility index (Phi) is 3.69. The molecule has 0 bridgehead atoms. The number of terminal acetylenes is 1. The van der Waals surface area contributed by atoms with Crippen LogP contribution >= 0.6 is 0 Å². The van der Waals surface area contributed by atoms with E-state index in [0.717, 1.165) is 0 Å². The van der Waals surface area contributed by atoms with Crippen molar-refractivity contribution in [1.29, 1.82) is 0 Å². The van der Waals surface area contributed by atoms with E-state index < -0.39 is 5.97 Å². The third-order valence-corrected chi connectivity index (χ3v) is 2.47. The summed E-state index contributed by atoms with van der Waals surface area (Å²) in [6, 6.07) is -0.373. The van der Waals surface area contributed by atoms with E-state index in [1.54, 1.807) is 11.9 Å². The predicted molar refractivity (Wildman–Crippen MR) is 54.1 cm³/mol. The molecule has 82 valence electrons. The zero-order chi connectivity index (χ0) is 11.4. The van der Waals surface area contributed by atoms with E-state index in [1.165, 1.54) is 4.90 Å². The maximum atomic E-state index is 11.6. The zero-order valence-electron chi connectivity index (χ0n) is 8.64. The Balaban J connectivity index is 2.68. The van der Waals surface area contributed by atoms with Crippen molar-refractivity contribution in [1.82, 2.24) is 9.80 Å². The number of aliphatic carboxylic acids is 1. The molecule has 0 radical (unpaired) electrons. The molecular weight excluding hydrogens is 196 g/mol. The van der Waals surface area contributed by atoms with Crippen molar-refractivity contribution in [3.8, 4) is 12.3 Å². The minimum atomic E-state index is -0.965. The van der Waals surface area contributed by atoms with Crippen molar-refractivity contribution in [3.05, 3.63) is 0 Å². The minimum Gasteiger partial charge on any atom is -0.480 e. The van der Waals surface area contributed by atoms with Crippen molar-refractivity contribution < 1.29 is 14.7 Å². The minimum absolute atomic E-state index is 0.0495. The Hall–Kier alpha value is -1.54. The van der Waals surface area contributed by atoms with Crippen LogP contribution in [-0.2, 0) is 9.59 Å². The normalized spacial score (nSPS) is 20.7. The molecule has 5 heteroatoms. The summed E-state index contributed by atoms with van der Waals surface area (Å²) >= 11 is 0. The van der Waals surface area contributed by atoms with Crippen LogP contribution in [0.5, 0.6) is 0 Å². The lowest BCUT2D eigenvalue weighted by molar-refractivity contribution is -0.140. The van der Waals surface area contributed by atoms with Gasteiger partial charge in [0.15, 0.2) is 0 Å². The van der Waals surface area contributed by atoms with Gasteiger partial charge in [-0.3, -0.25) is 14.5 Å². The van der Waals surface area contributed by atoms with Gasteiger partial charge in [-0.1, -0.05) is 5.92 Å². The fraction of sp³-hybridized carbons (Fsp3) is 0.600. The van der Waals surface area contributed by atoms with Crippen LogP contribution in [0.25, 0.3) is 0 Å². The molecule has 1 atom stereocenters. The van der Waals surface area contributed by atoms with Gasteiger partial charge in [0.2, 0.25) is 5.91 Å². The third kappa shape index (κ3) is 2.70. The van der Waals surface area contributed by atoms with Gasteiger partial charge in [-0.05, 0) is 6.42 Å². The lowest BCUT2D eigenvalue weighted by Gasteiger charge is -2.23. The molecule has 1 heterocycles. The van der Waals surface area contributed by atoms with Crippen LogP contribution in [0, 0.1) is 12.3 Å². The number of likely N-dealkylation sites (N-methyl/N-ethyl adjacent to an activating group) is 1. The highest BCUT2D eigenvalue weighted by molar-refractivity contribution is 5.84. The van der Waals surface area contributed by atoms with Crippen LogP contribution in [0.3, 0.4) is 0 Å². The van der Waals surface area contributed by atoms with Gasteiger partial charge < -0.3 is 10.0 Å². The lowest BCUT2D eigenvalue weighted by Crippen LogP contribution is -2.43. The SMILES string of the molecule is C#CCN(CC(=O)O)C1CCN(C)C1=O. The Bertz CT molecular complexity index is 308. The molecule has 1 N–H and O–H groups in total. The van der Waals surface area contributed by atoms with Gasteiger partial charge in [0, 0.05) is 13.6 Å². The monoisotopic (exact) mass is 210 g/mol. The van der Waals surface area contributed by atoms with E-state index in [4.69, 9.17) is 11.5 Å². The van der Waals surface area contributed by atoms with E-state index in [-0.39, 0.29) is 25.0 Å². The number of nitrogens with zero attached hydrogens (tertiary/aromatic N) is 2. The lowest BCUT2D eigenvalue weighted by atomic mass is 10.2. The number of carboxylic acid groups (broad SMARTS) is 1. The molecule has 0 saturated carbocycles. The van der Waals surface area contributed by atoms with Crippen molar-refractivity contribution in [2.75, 3.05) is 26.7 Å². The van der Waals surface area contributed by atoms with Gasteiger partial charge in [-0.15, -0.1) is 6.42 Å². The van der Waals surface area contributed by atoms with Gasteiger partial charge in [-0.25, -0.2) is 0 Å². The summed E-state index contributed by atoms with van der Waals surface area (Å²) in [5, 5.41) is 8.69. The first-order valence-corrected chi connectivity index (χ1v) is 4.70. The number of rotatable bonds is 4. The Morgan fingerprint density at radius 1 is 1.80 bits per heavy atom. The van der Waals surface area contributed by atoms with Gasteiger partial charge >= 0.3 is 5.97 Å². The highest BCUT2D eigenvalue weighted by atomic mass is 16.4. The average molecular weight is 210 g/mol. The quantitative estimate of drug-likeness (QED) is 0.619. The largest absolute Gasteiger partial charge is 0.480 e. The van der Waals surface area contributed by atoms with E-state index in [9.17, 15) is 9.59 Å². The van der Waals surface area contributed by atoms with Crippen molar-refractivity contribution >= 4 is 11.9 Å². The Morgan fingerprint density at radius 2 is 2.47 bits per heavy atom. The molecule has 0 aromatic rings. The molecule has 1 amide bonds. The summed E-state index contributed by atoms with van der Waals surface area (Å²) in [4.78, 5) is 25.3. The molecule has 1 rings (SSSR count). The van der Waals surface area contributed by atoms with Crippen LogP contribution in [0.2, 0.25) is 0 Å². The molecule has 0 spiro atoms. The van der Waals surface area contributed by atoms with Crippen LogP contribution in [0.4, 0.5) is 0 Å². The fourth-order valence-electron chi connectivity index (χ4n) is 1.71. The van der Waals surface area contributed by atoms with E-state index in [2.05, 4.69) is 5.92 Å². The van der Waals surface area contributed by atoms with Crippen LogP contribution < -0.4 is 0 Å². The van der Waals surface area contributed by atoms with Crippen molar-refractivity contribution in [2.45, 2.75) is 12.5 Å². The summed E-state index contributed by atoms with van der Waals surface area (Å²) in [6.45, 7) is 0.662. The first kappa shape index (κ1) is 11.5. The Morgan fingerprint density at radius 3 is 2.87 bits per heavy atom. The fourth-order valence-corrected chi connectivity index (χ4v) is 1.71. The number of carboxylic acids is 1. The van der Waals surface area contributed by atoms with E-state index in [0.29, 0.717) is 13.0 Å². The summed E-state index contributed by atoms with van der Waals surface area (Å²) in [6.07, 6.45) is 5.79. The van der Waals surface area contributed by atoms with Crippen LogP contribution in [-0.4, -0.2) is 59.5 Å². The molecule has 0 aliphatic carbocycles. The highest BCUT2D eigenvalue weighted by Gasteiger charge is 2.34. The zero-order valence-corrected chi connectivity index (χ0v) is 8.64. The smallest absolute Gasteiger partial charge is 0.317 e. The standard InChI is InChI=1S/C10H14N2O3/c1-3-5-12(7-9(13)14)8-4-6-11(2)10(8)15/h1,8H,4-7H2,2H3,(H,13,14). The molecular formula is C10H14N2O3. The first-order chi connectivity index (χ1) is 7.06. The highest BCUT2D eigenvalue weighted by Crippen LogP contribution is 2.15. The predicted octanol–water partition coefficient (Wildman–Crippen LogP) is -0.763. The number of carbonyl (C=O) groups excluding carboxylic acids is 1. The van der Waals surface area contributed by atoms with Gasteiger partial charge in [0.25, 0.3) is 0 Å².